The fraction of sp³-hybridized carbons (Fsp3) is 1.00. The van der Waals surface area contributed by atoms with E-state index in [1.165, 1.54) is 128 Å². The summed E-state index contributed by atoms with van der Waals surface area (Å²) in [6.07, 6.45) is 34.2. The van der Waals surface area contributed by atoms with Crippen molar-refractivity contribution in [3.05, 3.63) is 0 Å². The summed E-state index contributed by atoms with van der Waals surface area (Å²) in [6, 6.07) is 0. The van der Waals surface area contributed by atoms with Crippen molar-refractivity contribution in [1.82, 2.24) is 0 Å². The molecule has 7 N–H and O–H groups in total. The summed E-state index contributed by atoms with van der Waals surface area (Å²) in [4.78, 5) is 0. The molecule has 1 aliphatic carbocycles. The Bertz CT molecular complexity index is 675. The standard InChI is InChI=1S/C40H80O7/c41-30-37-28-26-24-22-20-18-16-14-12-10-8-6-4-2-1-3-5-7-9-11-13-15-17-19-21-23-25-27-29-38(31-42,32-43)40(35-46,36-47)39(37,33-44)34-45/h37,41-47H,1-36H2. The highest BCUT2D eigenvalue weighted by Crippen LogP contribution is 2.57. The fourth-order valence-corrected chi connectivity index (χ4v) is 8.80. The van der Waals surface area contributed by atoms with E-state index in [1.54, 1.807) is 0 Å². The van der Waals surface area contributed by atoms with E-state index in [1.807, 2.05) is 0 Å². The number of aliphatic hydroxyl groups excluding tert-OH is 7. The maximum atomic E-state index is 10.9. The monoisotopic (exact) mass is 673 g/mol. The van der Waals surface area contributed by atoms with E-state index in [0.717, 1.165) is 38.5 Å². The van der Waals surface area contributed by atoms with Gasteiger partial charge in [-0.25, -0.2) is 0 Å². The van der Waals surface area contributed by atoms with E-state index >= 15 is 0 Å². The van der Waals surface area contributed by atoms with Gasteiger partial charge >= 0.3 is 0 Å². The molecule has 0 bridgehead atoms. The number of hydrogen-bond donors (Lipinski definition) is 7. The Morgan fingerprint density at radius 1 is 0.319 bits per heavy atom. The van der Waals surface area contributed by atoms with Crippen molar-refractivity contribution in [3.63, 3.8) is 0 Å². The maximum absolute atomic E-state index is 10.9. The third-order valence-corrected chi connectivity index (χ3v) is 12.4. The minimum absolute atomic E-state index is 0.324. The van der Waals surface area contributed by atoms with Crippen molar-refractivity contribution in [2.24, 2.45) is 22.2 Å². The van der Waals surface area contributed by atoms with Gasteiger partial charge in [0.2, 0.25) is 0 Å². The molecule has 0 aromatic heterocycles. The first-order valence-electron chi connectivity index (χ1n) is 20.3. The molecule has 0 radical (unpaired) electrons. The van der Waals surface area contributed by atoms with Gasteiger partial charge in [-0.1, -0.05) is 173 Å². The van der Waals surface area contributed by atoms with Crippen LogP contribution >= 0.6 is 0 Å². The van der Waals surface area contributed by atoms with Crippen LogP contribution in [0.5, 0.6) is 0 Å². The zero-order valence-electron chi connectivity index (χ0n) is 30.7. The predicted octanol–water partition coefficient (Wildman–Crippen LogP) is 7.83. The molecular weight excluding hydrogens is 592 g/mol. The van der Waals surface area contributed by atoms with Crippen LogP contribution in [0, 0.1) is 22.2 Å². The highest BCUT2D eigenvalue weighted by atomic mass is 16.3. The van der Waals surface area contributed by atoms with E-state index < -0.39 is 61.8 Å². The second-order valence-corrected chi connectivity index (χ2v) is 15.4. The maximum Gasteiger partial charge on any atom is 0.0523 e. The molecule has 0 heterocycles. The van der Waals surface area contributed by atoms with Crippen LogP contribution in [0.25, 0.3) is 0 Å². The molecule has 1 atom stereocenters. The van der Waals surface area contributed by atoms with Crippen molar-refractivity contribution in [2.45, 2.75) is 186 Å². The second-order valence-electron chi connectivity index (χ2n) is 15.4. The van der Waals surface area contributed by atoms with Gasteiger partial charge in [-0.3, -0.25) is 0 Å². The van der Waals surface area contributed by atoms with Crippen LogP contribution in [0.4, 0.5) is 0 Å². The molecule has 47 heavy (non-hydrogen) atoms. The number of rotatable bonds is 7. The van der Waals surface area contributed by atoms with Crippen LogP contribution in [0.2, 0.25) is 0 Å². The first-order valence-corrected chi connectivity index (χ1v) is 20.3. The molecule has 0 aliphatic heterocycles. The lowest BCUT2D eigenvalue weighted by molar-refractivity contribution is -0.234. The third kappa shape index (κ3) is 14.8. The molecule has 0 amide bonds. The van der Waals surface area contributed by atoms with Gasteiger partial charge in [0.15, 0.2) is 0 Å². The van der Waals surface area contributed by atoms with Gasteiger partial charge in [0.05, 0.1) is 39.6 Å². The summed E-state index contributed by atoms with van der Waals surface area (Å²) in [7, 11) is 0. The highest BCUT2D eigenvalue weighted by molar-refractivity contribution is 5.10. The Labute approximate surface area is 290 Å². The molecule has 1 fully saturated rings. The molecule has 0 saturated heterocycles. The van der Waals surface area contributed by atoms with Gasteiger partial charge in [-0.05, 0) is 18.8 Å². The Kier molecular flexibility index (Phi) is 27.1. The minimum atomic E-state index is -1.59. The van der Waals surface area contributed by atoms with Crippen LogP contribution in [-0.2, 0) is 0 Å². The third-order valence-electron chi connectivity index (χ3n) is 12.4. The summed E-state index contributed by atoms with van der Waals surface area (Å²) < 4.78 is 0. The van der Waals surface area contributed by atoms with Gasteiger partial charge < -0.3 is 35.7 Å². The van der Waals surface area contributed by atoms with Gasteiger partial charge in [0.1, 0.15) is 0 Å². The molecule has 282 valence electrons. The average Bonchev–Trinajstić information content (AvgIpc) is 3.10. The molecule has 1 unspecified atom stereocenters. The molecule has 0 aromatic rings. The molecule has 7 nitrogen and oxygen atoms in total. The quantitative estimate of drug-likeness (QED) is 0.146. The van der Waals surface area contributed by atoms with Gasteiger partial charge in [-0.15, -0.1) is 0 Å². The van der Waals surface area contributed by atoms with E-state index in [4.69, 9.17) is 0 Å². The fourth-order valence-electron chi connectivity index (χ4n) is 8.80. The molecule has 0 spiro atoms. The Morgan fingerprint density at radius 2 is 0.596 bits per heavy atom. The molecule has 7 heteroatoms. The molecule has 0 aromatic carbocycles. The van der Waals surface area contributed by atoms with E-state index in [2.05, 4.69) is 0 Å². The summed E-state index contributed by atoms with van der Waals surface area (Å²) >= 11 is 0. The van der Waals surface area contributed by atoms with E-state index in [-0.39, 0.29) is 6.61 Å². The summed E-state index contributed by atoms with van der Waals surface area (Å²) in [5.74, 6) is -0.604. The van der Waals surface area contributed by atoms with Gasteiger partial charge in [0, 0.05) is 22.9 Å². The van der Waals surface area contributed by atoms with Gasteiger partial charge in [-0.2, -0.15) is 0 Å². The van der Waals surface area contributed by atoms with Crippen LogP contribution in [0.3, 0.4) is 0 Å². The number of aliphatic hydroxyl groups is 7. The zero-order valence-corrected chi connectivity index (χ0v) is 30.7. The van der Waals surface area contributed by atoms with Crippen LogP contribution < -0.4 is 0 Å². The lowest BCUT2D eigenvalue weighted by Gasteiger charge is -2.59. The SMILES string of the molecule is OCC1CCCCCCCCCCCCCCCCCCCCCCCCCCCCCC(CO)(CO)C(CO)(CO)C1(CO)CO. The van der Waals surface area contributed by atoms with Crippen molar-refractivity contribution in [2.75, 3.05) is 46.2 Å². The summed E-state index contributed by atoms with van der Waals surface area (Å²) in [5, 5.41) is 75.6. The molecule has 1 saturated carbocycles. The van der Waals surface area contributed by atoms with Crippen LogP contribution in [0.15, 0.2) is 0 Å². The first kappa shape index (κ1) is 44.7. The van der Waals surface area contributed by atoms with E-state index in [9.17, 15) is 35.7 Å². The highest BCUT2D eigenvalue weighted by Gasteiger charge is 2.63. The van der Waals surface area contributed by atoms with Crippen molar-refractivity contribution < 1.29 is 35.7 Å². The predicted molar refractivity (Wildman–Crippen MR) is 194 cm³/mol. The molecule has 1 rings (SSSR count). The Balaban J connectivity index is 2.89. The number of hydrogen-bond acceptors (Lipinski definition) is 7. The van der Waals surface area contributed by atoms with Crippen LogP contribution in [-0.4, -0.2) is 82.0 Å². The van der Waals surface area contributed by atoms with Crippen molar-refractivity contribution >= 4 is 0 Å². The Morgan fingerprint density at radius 3 is 0.830 bits per heavy atom. The normalized spacial score (nSPS) is 25.5. The smallest absolute Gasteiger partial charge is 0.0523 e. The lowest BCUT2D eigenvalue weighted by atomic mass is 9.46. The van der Waals surface area contributed by atoms with Crippen molar-refractivity contribution in [3.8, 4) is 0 Å². The van der Waals surface area contributed by atoms with Gasteiger partial charge in [0.25, 0.3) is 0 Å². The first-order chi connectivity index (χ1) is 23.0. The summed E-state index contributed by atoms with van der Waals surface area (Å²) in [5.41, 5.74) is -4.39. The van der Waals surface area contributed by atoms with Crippen molar-refractivity contribution in [1.29, 1.82) is 0 Å². The average molecular weight is 673 g/mol. The minimum Gasteiger partial charge on any atom is -0.396 e. The molecule has 1 aliphatic rings. The zero-order chi connectivity index (χ0) is 34.5. The summed E-state index contributed by atoms with van der Waals surface area (Å²) in [6.45, 7) is -3.70. The largest absolute Gasteiger partial charge is 0.396 e. The Hall–Kier alpha value is -0.280. The lowest BCUT2D eigenvalue weighted by Crippen LogP contribution is -2.66. The topological polar surface area (TPSA) is 142 Å². The molecular formula is C40H80O7. The van der Waals surface area contributed by atoms with Crippen LogP contribution in [0.1, 0.15) is 186 Å². The van der Waals surface area contributed by atoms with E-state index in [0.29, 0.717) is 19.3 Å². The second kappa shape index (κ2) is 28.4.